The maximum atomic E-state index is 11.9. The molecule has 0 radical (unpaired) electrons. The minimum Gasteiger partial charge on any atom is -0.497 e. The van der Waals surface area contributed by atoms with E-state index in [1.807, 2.05) is 0 Å². The number of hydrogen-bond acceptors (Lipinski definition) is 2. The van der Waals surface area contributed by atoms with Gasteiger partial charge in [0, 0.05) is 5.02 Å². The van der Waals surface area contributed by atoms with Gasteiger partial charge in [0.25, 0.3) is 0 Å². The summed E-state index contributed by atoms with van der Waals surface area (Å²) in [4.78, 5) is 0. The SMILES string of the molecule is COc1ccc(CCNCC(F)(F)F)c(Cl)c1. The second-order valence-corrected chi connectivity index (χ2v) is 3.91. The van der Waals surface area contributed by atoms with Crippen molar-refractivity contribution < 1.29 is 17.9 Å². The third-order valence-corrected chi connectivity index (χ3v) is 2.51. The monoisotopic (exact) mass is 267 g/mol. The first-order valence-corrected chi connectivity index (χ1v) is 5.40. The third kappa shape index (κ3) is 5.28. The summed E-state index contributed by atoms with van der Waals surface area (Å²) in [7, 11) is 1.52. The van der Waals surface area contributed by atoms with Gasteiger partial charge in [-0.1, -0.05) is 17.7 Å². The Bertz CT molecular complexity index is 368. The quantitative estimate of drug-likeness (QED) is 0.828. The largest absolute Gasteiger partial charge is 0.497 e. The minimum absolute atomic E-state index is 0.228. The summed E-state index contributed by atoms with van der Waals surface area (Å²) < 4.78 is 40.5. The van der Waals surface area contributed by atoms with Gasteiger partial charge < -0.3 is 10.1 Å². The molecule has 1 aromatic rings. The van der Waals surface area contributed by atoms with Crippen LogP contribution in [0.25, 0.3) is 0 Å². The zero-order valence-electron chi connectivity index (χ0n) is 9.27. The zero-order valence-corrected chi connectivity index (χ0v) is 10.0. The van der Waals surface area contributed by atoms with Gasteiger partial charge in [0.1, 0.15) is 5.75 Å². The van der Waals surface area contributed by atoms with E-state index >= 15 is 0 Å². The number of ether oxygens (including phenoxy) is 1. The Hall–Kier alpha value is -0.940. The van der Waals surface area contributed by atoms with E-state index in [0.717, 1.165) is 5.56 Å². The van der Waals surface area contributed by atoms with Crippen LogP contribution < -0.4 is 10.1 Å². The van der Waals surface area contributed by atoms with E-state index < -0.39 is 12.7 Å². The predicted octanol–water partition coefficient (Wildman–Crippen LogP) is 3.04. The summed E-state index contributed by atoms with van der Waals surface area (Å²) in [6, 6.07) is 5.11. The summed E-state index contributed by atoms with van der Waals surface area (Å²) in [5, 5.41) is 2.81. The molecule has 1 rings (SSSR count). The molecule has 0 aliphatic heterocycles. The van der Waals surface area contributed by atoms with Gasteiger partial charge in [-0.2, -0.15) is 13.2 Å². The van der Waals surface area contributed by atoms with E-state index in [4.69, 9.17) is 16.3 Å². The summed E-state index contributed by atoms with van der Waals surface area (Å²) >= 11 is 5.95. The van der Waals surface area contributed by atoms with Crippen LogP contribution in [0, 0.1) is 0 Å². The molecule has 0 amide bonds. The van der Waals surface area contributed by atoms with Gasteiger partial charge >= 0.3 is 6.18 Å². The van der Waals surface area contributed by atoms with Crippen molar-refractivity contribution in [2.75, 3.05) is 20.2 Å². The van der Waals surface area contributed by atoms with Crippen molar-refractivity contribution in [3.8, 4) is 5.75 Å². The molecule has 0 bridgehead atoms. The van der Waals surface area contributed by atoms with Gasteiger partial charge in [0.05, 0.1) is 13.7 Å². The molecule has 0 saturated carbocycles. The molecule has 96 valence electrons. The summed E-state index contributed by atoms with van der Waals surface area (Å²) in [5.74, 6) is 0.627. The summed E-state index contributed by atoms with van der Waals surface area (Å²) in [6.07, 6.45) is -3.73. The van der Waals surface area contributed by atoms with Crippen LogP contribution in [-0.4, -0.2) is 26.4 Å². The van der Waals surface area contributed by atoms with Crippen LogP contribution in [0.2, 0.25) is 5.02 Å². The number of halogens is 4. The molecule has 0 aliphatic rings. The highest BCUT2D eigenvalue weighted by atomic mass is 35.5. The molecule has 2 nitrogen and oxygen atoms in total. The molecule has 0 aromatic heterocycles. The van der Waals surface area contributed by atoms with E-state index in [-0.39, 0.29) is 6.54 Å². The van der Waals surface area contributed by atoms with Crippen molar-refractivity contribution in [2.24, 2.45) is 0 Å². The molecule has 0 saturated heterocycles. The molecule has 0 fully saturated rings. The standard InChI is InChI=1S/C11H13ClF3NO/c1-17-9-3-2-8(10(12)6-9)4-5-16-7-11(13,14)15/h2-3,6,16H,4-5,7H2,1H3. The Morgan fingerprint density at radius 1 is 1.35 bits per heavy atom. The molecule has 0 atom stereocenters. The van der Waals surface area contributed by atoms with Crippen molar-refractivity contribution in [1.29, 1.82) is 0 Å². The zero-order chi connectivity index (χ0) is 12.9. The Morgan fingerprint density at radius 3 is 2.59 bits per heavy atom. The predicted molar refractivity (Wildman–Crippen MR) is 60.6 cm³/mol. The molecule has 1 aromatic carbocycles. The minimum atomic E-state index is -4.18. The van der Waals surface area contributed by atoms with Gasteiger partial charge in [0.2, 0.25) is 0 Å². The number of nitrogens with one attached hydrogen (secondary N) is 1. The second kappa shape index (κ2) is 6.12. The number of benzene rings is 1. The summed E-state index contributed by atoms with van der Waals surface area (Å²) in [6.45, 7) is -0.758. The molecular weight excluding hydrogens is 255 g/mol. The first-order chi connectivity index (χ1) is 7.92. The van der Waals surface area contributed by atoms with E-state index in [9.17, 15) is 13.2 Å². The molecule has 0 spiro atoms. The number of rotatable bonds is 5. The van der Waals surface area contributed by atoms with Gasteiger partial charge in [0.15, 0.2) is 0 Å². The summed E-state index contributed by atoms with van der Waals surface area (Å²) in [5.41, 5.74) is 0.794. The maximum Gasteiger partial charge on any atom is 0.401 e. The highest BCUT2D eigenvalue weighted by Gasteiger charge is 2.25. The fraction of sp³-hybridized carbons (Fsp3) is 0.455. The Balaban J connectivity index is 2.42. The molecule has 0 unspecified atom stereocenters. The van der Waals surface area contributed by atoms with Gasteiger partial charge in [-0.3, -0.25) is 0 Å². The fourth-order valence-electron chi connectivity index (χ4n) is 1.31. The second-order valence-electron chi connectivity index (χ2n) is 3.50. The van der Waals surface area contributed by atoms with Crippen LogP contribution in [0.5, 0.6) is 5.75 Å². The van der Waals surface area contributed by atoms with Crippen molar-refractivity contribution in [3.05, 3.63) is 28.8 Å². The molecule has 0 aliphatic carbocycles. The van der Waals surface area contributed by atoms with E-state index in [0.29, 0.717) is 17.2 Å². The molecule has 6 heteroatoms. The topological polar surface area (TPSA) is 21.3 Å². The highest BCUT2D eigenvalue weighted by Crippen LogP contribution is 2.22. The Kier molecular flexibility index (Phi) is 5.08. The average Bonchev–Trinajstić information content (AvgIpc) is 2.24. The lowest BCUT2D eigenvalue weighted by Gasteiger charge is -2.09. The average molecular weight is 268 g/mol. The molecular formula is C11H13ClF3NO. The fourth-order valence-corrected chi connectivity index (χ4v) is 1.58. The lowest BCUT2D eigenvalue weighted by Crippen LogP contribution is -2.30. The highest BCUT2D eigenvalue weighted by molar-refractivity contribution is 6.31. The van der Waals surface area contributed by atoms with Crippen molar-refractivity contribution >= 4 is 11.6 Å². The normalized spacial score (nSPS) is 11.6. The molecule has 1 N–H and O–H groups in total. The molecule has 17 heavy (non-hydrogen) atoms. The third-order valence-electron chi connectivity index (χ3n) is 2.16. The van der Waals surface area contributed by atoms with Gasteiger partial charge in [-0.15, -0.1) is 0 Å². The molecule has 0 heterocycles. The van der Waals surface area contributed by atoms with Crippen molar-refractivity contribution in [1.82, 2.24) is 5.32 Å². The van der Waals surface area contributed by atoms with Crippen LogP contribution in [0.3, 0.4) is 0 Å². The van der Waals surface area contributed by atoms with Crippen LogP contribution in [0.4, 0.5) is 13.2 Å². The van der Waals surface area contributed by atoms with Crippen LogP contribution in [0.15, 0.2) is 18.2 Å². The van der Waals surface area contributed by atoms with E-state index in [1.165, 1.54) is 7.11 Å². The number of hydrogen-bond donors (Lipinski definition) is 1. The lowest BCUT2D eigenvalue weighted by molar-refractivity contribution is -0.124. The van der Waals surface area contributed by atoms with E-state index in [2.05, 4.69) is 5.32 Å². The lowest BCUT2D eigenvalue weighted by atomic mass is 10.1. The van der Waals surface area contributed by atoms with Gasteiger partial charge in [-0.05, 0) is 30.7 Å². The number of alkyl halides is 3. The Labute approximate surface area is 103 Å². The van der Waals surface area contributed by atoms with Crippen molar-refractivity contribution in [2.45, 2.75) is 12.6 Å². The van der Waals surface area contributed by atoms with Crippen LogP contribution in [0.1, 0.15) is 5.56 Å². The van der Waals surface area contributed by atoms with Crippen molar-refractivity contribution in [3.63, 3.8) is 0 Å². The van der Waals surface area contributed by atoms with E-state index in [1.54, 1.807) is 18.2 Å². The van der Waals surface area contributed by atoms with Gasteiger partial charge in [-0.25, -0.2) is 0 Å². The smallest absolute Gasteiger partial charge is 0.401 e. The first kappa shape index (κ1) is 14.1. The Morgan fingerprint density at radius 2 is 2.06 bits per heavy atom. The maximum absolute atomic E-state index is 11.9. The first-order valence-electron chi connectivity index (χ1n) is 5.02. The van der Waals surface area contributed by atoms with Crippen LogP contribution >= 0.6 is 11.6 Å². The number of methoxy groups -OCH3 is 1. The van der Waals surface area contributed by atoms with Crippen LogP contribution in [-0.2, 0) is 6.42 Å².